The molecule has 180 valence electrons. The van der Waals surface area contributed by atoms with E-state index in [0.29, 0.717) is 11.1 Å². The average Bonchev–Trinajstić information content (AvgIpc) is 3.11. The van der Waals surface area contributed by atoms with Crippen LogP contribution >= 0.6 is 24.0 Å². The number of hydrogen-bond acceptors (Lipinski definition) is 3. The van der Waals surface area contributed by atoms with Gasteiger partial charge in [0.15, 0.2) is 5.96 Å². The van der Waals surface area contributed by atoms with Crippen molar-refractivity contribution in [2.24, 2.45) is 4.99 Å². The molecule has 6 nitrogen and oxygen atoms in total. The number of aliphatic imine (C=N–C) groups is 1. The van der Waals surface area contributed by atoms with Crippen LogP contribution < -0.4 is 15.4 Å². The Balaban J connectivity index is 0.00000512. The molecule has 2 rings (SSSR count). The lowest BCUT2D eigenvalue weighted by molar-refractivity contribution is -0.138. The maximum absolute atomic E-state index is 13.6. The summed E-state index contributed by atoms with van der Waals surface area (Å²) in [7, 11) is 0. The number of hydrogen-bond donors (Lipinski definition) is 2. The Hall–Kier alpha value is -2.12. The van der Waals surface area contributed by atoms with Crippen molar-refractivity contribution < 1.29 is 26.7 Å². The smallest absolute Gasteiger partial charge is 0.416 e. The van der Waals surface area contributed by atoms with Gasteiger partial charge in [0.2, 0.25) is 0 Å². The highest BCUT2D eigenvalue weighted by atomic mass is 127. The molecule has 2 aromatic rings. The molecule has 0 bridgehead atoms. The van der Waals surface area contributed by atoms with Gasteiger partial charge in [-0.2, -0.15) is 22.0 Å². The summed E-state index contributed by atoms with van der Waals surface area (Å²) in [6.45, 7) is 4.33. The Morgan fingerprint density at radius 1 is 1.19 bits per heavy atom. The monoisotopic (exact) mass is 575 g/mol. The largest absolute Gasteiger partial charge is 0.488 e. The summed E-state index contributed by atoms with van der Waals surface area (Å²) in [5, 5.41) is 5.68. The number of ether oxygens (including phenoxy) is 1. The SMILES string of the molecule is CCNC(=NCc1ccc(OC(C)(C)C)cc1C(F)(F)F)NCc1nccn1C(F)F.I. The highest BCUT2D eigenvalue weighted by Gasteiger charge is 2.34. The molecular formula is C20H27F5IN5O. The van der Waals surface area contributed by atoms with Crippen LogP contribution in [0.25, 0.3) is 0 Å². The summed E-state index contributed by atoms with van der Waals surface area (Å²) in [5.74, 6) is 0.353. The Morgan fingerprint density at radius 3 is 2.44 bits per heavy atom. The van der Waals surface area contributed by atoms with Crippen LogP contribution in [-0.2, 0) is 19.3 Å². The molecule has 1 heterocycles. The standard InChI is InChI=1S/C20H26F5N5O.HI/c1-5-26-18(29-12-16-27-8-9-30(16)17(21)22)28-11-13-6-7-14(31-19(2,3)4)10-15(13)20(23,24)25;/h6-10,17H,5,11-12H2,1-4H3,(H2,26,28,29);1H. The predicted molar refractivity (Wildman–Crippen MR) is 122 cm³/mol. The minimum absolute atomic E-state index is 0. The zero-order valence-corrected chi connectivity index (χ0v) is 20.5. The van der Waals surface area contributed by atoms with Crippen molar-refractivity contribution in [3.8, 4) is 5.75 Å². The molecule has 12 heteroatoms. The van der Waals surface area contributed by atoms with Crippen LogP contribution in [0, 0.1) is 0 Å². The number of nitrogens with one attached hydrogen (secondary N) is 2. The van der Waals surface area contributed by atoms with Crippen LogP contribution in [0.4, 0.5) is 22.0 Å². The van der Waals surface area contributed by atoms with E-state index in [1.165, 1.54) is 18.3 Å². The van der Waals surface area contributed by atoms with E-state index in [1.54, 1.807) is 27.7 Å². The number of halogens is 6. The van der Waals surface area contributed by atoms with Gasteiger partial charge in [-0.1, -0.05) is 6.07 Å². The summed E-state index contributed by atoms with van der Waals surface area (Å²) in [4.78, 5) is 8.01. The molecule has 1 aromatic carbocycles. The number of alkyl halides is 5. The second-order valence-electron chi connectivity index (χ2n) is 7.61. The van der Waals surface area contributed by atoms with Gasteiger partial charge >= 0.3 is 12.7 Å². The lowest BCUT2D eigenvalue weighted by Gasteiger charge is -2.22. The number of imidazole rings is 1. The number of aromatic nitrogens is 2. The first-order chi connectivity index (χ1) is 14.4. The fourth-order valence-electron chi connectivity index (χ4n) is 2.70. The number of guanidine groups is 1. The number of nitrogens with zero attached hydrogens (tertiary/aromatic N) is 3. The topological polar surface area (TPSA) is 63.5 Å². The first-order valence-electron chi connectivity index (χ1n) is 9.62. The molecule has 0 unspecified atom stereocenters. The van der Waals surface area contributed by atoms with E-state index in [-0.39, 0.29) is 60.2 Å². The van der Waals surface area contributed by atoms with Crippen molar-refractivity contribution in [3.05, 3.63) is 47.5 Å². The second-order valence-corrected chi connectivity index (χ2v) is 7.61. The third-order valence-corrected chi connectivity index (χ3v) is 3.94. The normalized spacial score (nSPS) is 12.5. The predicted octanol–water partition coefficient (Wildman–Crippen LogP) is 5.35. The Kier molecular flexibility index (Phi) is 10.2. The summed E-state index contributed by atoms with van der Waals surface area (Å²) in [5.41, 5.74) is -1.53. The Labute approximate surface area is 200 Å². The van der Waals surface area contributed by atoms with E-state index in [1.807, 2.05) is 0 Å². The van der Waals surface area contributed by atoms with Crippen molar-refractivity contribution in [2.75, 3.05) is 6.54 Å². The van der Waals surface area contributed by atoms with Gasteiger partial charge in [-0.05, 0) is 45.4 Å². The molecule has 0 amide bonds. The van der Waals surface area contributed by atoms with E-state index < -0.39 is 23.9 Å². The van der Waals surface area contributed by atoms with Crippen LogP contribution in [-0.4, -0.2) is 27.7 Å². The van der Waals surface area contributed by atoms with Gasteiger partial charge in [0.05, 0.1) is 18.7 Å². The molecule has 1 aromatic heterocycles. The molecule has 0 fully saturated rings. The van der Waals surface area contributed by atoms with Gasteiger partial charge in [0.1, 0.15) is 17.2 Å². The molecule has 2 N–H and O–H groups in total. The van der Waals surface area contributed by atoms with E-state index in [9.17, 15) is 22.0 Å². The van der Waals surface area contributed by atoms with Crippen molar-refractivity contribution in [3.63, 3.8) is 0 Å². The van der Waals surface area contributed by atoms with Crippen molar-refractivity contribution in [1.29, 1.82) is 0 Å². The first kappa shape index (κ1) is 27.9. The van der Waals surface area contributed by atoms with Crippen LogP contribution in [0.2, 0.25) is 0 Å². The van der Waals surface area contributed by atoms with Crippen LogP contribution in [0.3, 0.4) is 0 Å². The molecule has 0 spiro atoms. The van der Waals surface area contributed by atoms with E-state index in [0.717, 1.165) is 12.3 Å². The zero-order chi connectivity index (χ0) is 23.2. The van der Waals surface area contributed by atoms with Crippen LogP contribution in [0.5, 0.6) is 5.75 Å². The van der Waals surface area contributed by atoms with Crippen molar-refractivity contribution in [2.45, 2.75) is 59.1 Å². The first-order valence-corrected chi connectivity index (χ1v) is 9.62. The number of rotatable bonds is 7. The molecule has 32 heavy (non-hydrogen) atoms. The molecule has 0 aliphatic rings. The van der Waals surface area contributed by atoms with Crippen molar-refractivity contribution >= 4 is 29.9 Å². The second kappa shape index (κ2) is 11.7. The molecule has 0 atom stereocenters. The fourth-order valence-corrected chi connectivity index (χ4v) is 2.70. The van der Waals surface area contributed by atoms with Crippen LogP contribution in [0.15, 0.2) is 35.6 Å². The highest BCUT2D eigenvalue weighted by Crippen LogP contribution is 2.35. The quantitative estimate of drug-likeness (QED) is 0.203. The molecular weight excluding hydrogens is 548 g/mol. The van der Waals surface area contributed by atoms with E-state index >= 15 is 0 Å². The maximum Gasteiger partial charge on any atom is 0.416 e. The van der Waals surface area contributed by atoms with E-state index in [2.05, 4.69) is 20.6 Å². The molecule has 0 aliphatic carbocycles. The molecule has 0 saturated carbocycles. The lowest BCUT2D eigenvalue weighted by atomic mass is 10.1. The average molecular weight is 575 g/mol. The third-order valence-electron chi connectivity index (χ3n) is 3.94. The number of benzene rings is 1. The summed E-state index contributed by atoms with van der Waals surface area (Å²) < 4.78 is 72.8. The summed E-state index contributed by atoms with van der Waals surface area (Å²) >= 11 is 0. The van der Waals surface area contributed by atoms with Gasteiger partial charge in [0, 0.05) is 18.9 Å². The molecule has 0 saturated heterocycles. The lowest BCUT2D eigenvalue weighted by Crippen LogP contribution is -2.37. The zero-order valence-electron chi connectivity index (χ0n) is 18.1. The summed E-state index contributed by atoms with van der Waals surface area (Å²) in [6, 6.07) is 3.74. The minimum atomic E-state index is -4.59. The minimum Gasteiger partial charge on any atom is -0.488 e. The van der Waals surface area contributed by atoms with Gasteiger partial charge in [-0.15, -0.1) is 24.0 Å². The molecule has 0 radical (unpaired) electrons. The van der Waals surface area contributed by atoms with Gasteiger partial charge in [-0.25, -0.2) is 9.98 Å². The summed E-state index contributed by atoms with van der Waals surface area (Å²) in [6.07, 6.45) is -2.21. The van der Waals surface area contributed by atoms with E-state index in [4.69, 9.17) is 4.74 Å². The fraction of sp³-hybridized carbons (Fsp3) is 0.500. The van der Waals surface area contributed by atoms with Gasteiger partial charge < -0.3 is 15.4 Å². The Bertz CT molecular complexity index is 893. The van der Waals surface area contributed by atoms with Gasteiger partial charge in [-0.3, -0.25) is 4.57 Å². The third kappa shape index (κ3) is 8.43. The maximum atomic E-state index is 13.6. The van der Waals surface area contributed by atoms with Gasteiger partial charge in [0.25, 0.3) is 0 Å². The van der Waals surface area contributed by atoms with Crippen LogP contribution in [0.1, 0.15) is 51.2 Å². The molecule has 0 aliphatic heterocycles. The highest BCUT2D eigenvalue weighted by molar-refractivity contribution is 14.0. The Morgan fingerprint density at radius 2 is 1.88 bits per heavy atom. The van der Waals surface area contributed by atoms with Crippen molar-refractivity contribution in [1.82, 2.24) is 20.2 Å².